The van der Waals surface area contributed by atoms with Crippen LogP contribution in [0, 0.1) is 13.8 Å². The van der Waals surface area contributed by atoms with Gasteiger partial charge in [0.25, 0.3) is 5.91 Å². The summed E-state index contributed by atoms with van der Waals surface area (Å²) in [6.45, 7) is 3.78. The average Bonchev–Trinajstić information content (AvgIpc) is 3.44. The van der Waals surface area contributed by atoms with Crippen molar-refractivity contribution in [3.05, 3.63) is 46.6 Å². The lowest BCUT2D eigenvalue weighted by Gasteiger charge is -2.22. The van der Waals surface area contributed by atoms with Gasteiger partial charge in [-0.15, -0.1) is 0 Å². The zero-order valence-corrected chi connectivity index (χ0v) is 19.5. The molecule has 4 rings (SSSR count). The number of hydrogen-bond acceptors (Lipinski definition) is 7. The minimum atomic E-state index is -0.303. The first-order chi connectivity index (χ1) is 15.9. The Labute approximate surface area is 196 Å². The number of aromatic nitrogens is 3. The molecule has 0 aliphatic heterocycles. The molecule has 0 unspecified atom stereocenters. The Balaban J connectivity index is 1.33. The molecule has 174 valence electrons. The van der Waals surface area contributed by atoms with Crippen molar-refractivity contribution in [2.75, 3.05) is 10.6 Å². The van der Waals surface area contributed by atoms with Gasteiger partial charge in [-0.3, -0.25) is 14.3 Å². The van der Waals surface area contributed by atoms with Crippen molar-refractivity contribution in [2.24, 2.45) is 0 Å². The summed E-state index contributed by atoms with van der Waals surface area (Å²) < 4.78 is 1.58. The molecular formula is C23H28N6O3S. The van der Waals surface area contributed by atoms with E-state index in [4.69, 9.17) is 0 Å². The topological polar surface area (TPSA) is 121 Å². The molecule has 1 saturated carbocycles. The maximum Gasteiger partial charge on any atom is 0.267 e. The number of rotatable bonds is 7. The smallest absolute Gasteiger partial charge is 0.267 e. The van der Waals surface area contributed by atoms with Crippen LogP contribution in [0.1, 0.15) is 52.9 Å². The minimum absolute atomic E-state index is 0.0395. The molecular weight excluding hydrogens is 440 g/mol. The van der Waals surface area contributed by atoms with Crippen molar-refractivity contribution in [1.82, 2.24) is 20.1 Å². The van der Waals surface area contributed by atoms with Crippen molar-refractivity contribution in [3.8, 4) is 5.75 Å². The van der Waals surface area contributed by atoms with E-state index in [1.165, 1.54) is 36.8 Å². The lowest BCUT2D eigenvalue weighted by molar-refractivity contribution is -0.122. The van der Waals surface area contributed by atoms with E-state index in [1.807, 2.05) is 6.92 Å². The highest BCUT2D eigenvalue weighted by atomic mass is 32.1. The van der Waals surface area contributed by atoms with Crippen molar-refractivity contribution in [3.63, 3.8) is 0 Å². The number of aromatic hydroxyl groups is 1. The molecule has 1 aliphatic carbocycles. The quantitative estimate of drug-likeness (QED) is 0.414. The fourth-order valence-corrected chi connectivity index (χ4v) is 4.65. The molecule has 3 aromatic rings. The Kier molecular flexibility index (Phi) is 6.93. The number of amides is 2. The molecule has 0 bridgehead atoms. The maximum absolute atomic E-state index is 12.7. The summed E-state index contributed by atoms with van der Waals surface area (Å²) in [4.78, 5) is 29.6. The van der Waals surface area contributed by atoms with Crippen LogP contribution in [0.4, 0.5) is 16.6 Å². The predicted molar refractivity (Wildman–Crippen MR) is 128 cm³/mol. The average molecular weight is 469 g/mol. The Bertz CT molecular complexity index is 1150. The van der Waals surface area contributed by atoms with Crippen molar-refractivity contribution >= 4 is 39.8 Å². The number of hydrogen-bond donors (Lipinski definition) is 4. The van der Waals surface area contributed by atoms with Gasteiger partial charge in [-0.25, -0.2) is 4.98 Å². The molecule has 9 nitrogen and oxygen atoms in total. The third-order valence-corrected chi connectivity index (χ3v) is 6.68. The Morgan fingerprint density at radius 2 is 1.97 bits per heavy atom. The lowest BCUT2D eigenvalue weighted by atomic mass is 9.95. The fraction of sp³-hybridized carbons (Fsp3) is 0.391. The van der Waals surface area contributed by atoms with Crippen molar-refractivity contribution in [2.45, 2.75) is 58.5 Å². The van der Waals surface area contributed by atoms with Gasteiger partial charge in [-0.2, -0.15) is 5.10 Å². The molecule has 0 radical (unpaired) electrons. The molecule has 0 saturated heterocycles. The van der Waals surface area contributed by atoms with Gasteiger partial charge >= 0.3 is 0 Å². The molecule has 0 spiro atoms. The Hall–Kier alpha value is -3.40. The van der Waals surface area contributed by atoms with E-state index in [0.29, 0.717) is 27.1 Å². The molecule has 0 atom stereocenters. The highest BCUT2D eigenvalue weighted by Crippen LogP contribution is 2.29. The monoisotopic (exact) mass is 468 g/mol. The number of benzene rings is 1. The largest absolute Gasteiger partial charge is 0.508 e. The van der Waals surface area contributed by atoms with Crippen LogP contribution in [0.5, 0.6) is 5.75 Å². The number of phenolic OH excluding ortho intramolecular Hbond substituents is 1. The third-order valence-electron chi connectivity index (χ3n) is 5.76. The van der Waals surface area contributed by atoms with E-state index in [9.17, 15) is 14.7 Å². The highest BCUT2D eigenvalue weighted by molar-refractivity contribution is 7.17. The van der Waals surface area contributed by atoms with Gasteiger partial charge in [0.15, 0.2) is 10.9 Å². The molecule has 10 heteroatoms. The summed E-state index contributed by atoms with van der Waals surface area (Å²) in [5.41, 5.74) is 2.07. The number of thiazole rings is 1. The standard InChI is InChI=1S/C23H28N6O3S/c1-14-8-9-17(30)15(2)21(14)27-22(32)18-12-24-23(33-18)26-19-10-11-29(28-19)13-20(31)25-16-6-4-3-5-7-16/h8-12,16,30H,3-7,13H2,1-2H3,(H,25,31)(H,27,32)(H,24,26,28). The minimum Gasteiger partial charge on any atom is -0.508 e. The number of nitrogens with zero attached hydrogens (tertiary/aromatic N) is 3. The van der Waals surface area contributed by atoms with Crippen molar-refractivity contribution < 1.29 is 14.7 Å². The fourth-order valence-electron chi connectivity index (χ4n) is 3.93. The van der Waals surface area contributed by atoms with E-state index in [1.54, 1.807) is 36.0 Å². The van der Waals surface area contributed by atoms with Crippen LogP contribution >= 0.6 is 11.3 Å². The Morgan fingerprint density at radius 3 is 2.76 bits per heavy atom. The summed E-state index contributed by atoms with van der Waals surface area (Å²) in [5.74, 6) is 0.330. The zero-order chi connectivity index (χ0) is 23.4. The van der Waals surface area contributed by atoms with Crippen LogP contribution in [0.25, 0.3) is 0 Å². The molecule has 1 fully saturated rings. The van der Waals surface area contributed by atoms with E-state index in [-0.39, 0.29) is 30.2 Å². The molecule has 1 aromatic carbocycles. The first kappa shape index (κ1) is 22.8. The molecule has 2 heterocycles. The number of aryl methyl sites for hydroxylation is 1. The van der Waals surface area contributed by atoms with Crippen LogP contribution in [0.15, 0.2) is 30.6 Å². The SMILES string of the molecule is Cc1ccc(O)c(C)c1NC(=O)c1cnc(Nc2ccn(CC(=O)NC3CCCCC3)n2)s1. The van der Waals surface area contributed by atoms with Crippen molar-refractivity contribution in [1.29, 1.82) is 0 Å². The molecule has 2 aromatic heterocycles. The van der Waals surface area contributed by atoms with Gasteiger partial charge in [0.05, 0.1) is 11.9 Å². The van der Waals surface area contributed by atoms with Crippen LogP contribution < -0.4 is 16.0 Å². The second kappa shape index (κ2) is 10.0. The molecule has 33 heavy (non-hydrogen) atoms. The molecule has 1 aliphatic rings. The van der Waals surface area contributed by atoms with E-state index in [0.717, 1.165) is 18.4 Å². The first-order valence-electron chi connectivity index (χ1n) is 11.1. The second-order valence-corrected chi connectivity index (χ2v) is 9.34. The van der Waals surface area contributed by atoms with Crippen LogP contribution in [-0.4, -0.2) is 37.7 Å². The summed E-state index contributed by atoms with van der Waals surface area (Å²) in [6, 6.07) is 5.39. The zero-order valence-electron chi connectivity index (χ0n) is 18.7. The van der Waals surface area contributed by atoms with E-state index >= 15 is 0 Å². The Morgan fingerprint density at radius 1 is 1.18 bits per heavy atom. The predicted octanol–water partition coefficient (Wildman–Crippen LogP) is 4.11. The van der Waals surface area contributed by atoms with Gasteiger partial charge in [0.1, 0.15) is 17.2 Å². The van der Waals surface area contributed by atoms with Gasteiger partial charge in [0, 0.05) is 23.9 Å². The van der Waals surface area contributed by atoms with E-state index < -0.39 is 0 Å². The summed E-state index contributed by atoms with van der Waals surface area (Å²) in [5, 5.41) is 23.8. The van der Waals surface area contributed by atoms with Crippen LogP contribution in [0.2, 0.25) is 0 Å². The van der Waals surface area contributed by atoms with Gasteiger partial charge in [0.2, 0.25) is 5.91 Å². The van der Waals surface area contributed by atoms with E-state index in [2.05, 4.69) is 26.0 Å². The number of anilines is 3. The highest BCUT2D eigenvalue weighted by Gasteiger charge is 2.17. The number of carbonyl (C=O) groups is 2. The molecule has 2 amide bonds. The maximum atomic E-state index is 12.7. The van der Waals surface area contributed by atoms with Crippen LogP contribution in [0.3, 0.4) is 0 Å². The van der Waals surface area contributed by atoms with Gasteiger partial charge < -0.3 is 21.1 Å². The number of phenols is 1. The molecule has 4 N–H and O–H groups in total. The van der Waals surface area contributed by atoms with Crippen LogP contribution in [-0.2, 0) is 11.3 Å². The first-order valence-corrected chi connectivity index (χ1v) is 11.9. The third kappa shape index (κ3) is 5.70. The lowest BCUT2D eigenvalue weighted by Crippen LogP contribution is -2.38. The summed E-state index contributed by atoms with van der Waals surface area (Å²) >= 11 is 1.19. The second-order valence-electron chi connectivity index (χ2n) is 8.31. The van der Waals surface area contributed by atoms with Gasteiger partial charge in [-0.1, -0.05) is 36.7 Å². The normalized spacial score (nSPS) is 14.1. The summed E-state index contributed by atoms with van der Waals surface area (Å²) in [6.07, 6.45) is 8.89. The summed E-state index contributed by atoms with van der Waals surface area (Å²) in [7, 11) is 0. The van der Waals surface area contributed by atoms with Gasteiger partial charge in [-0.05, 0) is 38.3 Å². The number of nitrogens with one attached hydrogen (secondary N) is 3. The number of carbonyl (C=O) groups excluding carboxylic acids is 2.